The average molecular weight is 491 g/mol. The Morgan fingerprint density at radius 2 is 1.86 bits per heavy atom. The van der Waals surface area contributed by atoms with Crippen LogP contribution in [0.3, 0.4) is 0 Å². The molecule has 0 bridgehead atoms. The topological polar surface area (TPSA) is 66.6 Å². The number of carbonyl (C=O) groups is 1. The Kier molecular flexibility index (Phi) is 6.13. The third-order valence-corrected chi connectivity index (χ3v) is 6.61. The third kappa shape index (κ3) is 4.82. The molecule has 35 heavy (non-hydrogen) atoms. The molecule has 2 aromatic heterocycles. The molecule has 1 aliphatic heterocycles. The normalized spacial score (nSPS) is 15.1. The van der Waals surface area contributed by atoms with Gasteiger partial charge in [0.2, 0.25) is 11.9 Å². The van der Waals surface area contributed by atoms with Gasteiger partial charge in [0.05, 0.1) is 5.52 Å². The summed E-state index contributed by atoms with van der Waals surface area (Å²) in [5.74, 6) is 1.75. The smallest absolute Gasteiger partial charge is 0.223 e. The van der Waals surface area contributed by atoms with Crippen molar-refractivity contribution in [2.75, 3.05) is 31.1 Å². The molecule has 0 aliphatic carbocycles. The number of rotatable bonds is 3. The summed E-state index contributed by atoms with van der Waals surface area (Å²) < 4.78 is 2.05. The summed E-state index contributed by atoms with van der Waals surface area (Å²) >= 11 is 6.32. The largest absolute Gasteiger partial charge is 0.341 e. The second-order valence-corrected chi connectivity index (χ2v) is 11.0. The number of anilines is 1. The predicted molar refractivity (Wildman–Crippen MR) is 141 cm³/mol. The quantitative estimate of drug-likeness (QED) is 0.385. The molecule has 1 aliphatic rings. The van der Waals surface area contributed by atoms with Crippen molar-refractivity contribution in [3.05, 3.63) is 53.1 Å². The van der Waals surface area contributed by atoms with E-state index in [0.29, 0.717) is 24.5 Å². The fourth-order valence-electron chi connectivity index (χ4n) is 4.71. The number of aromatic nitrogens is 4. The predicted octanol–water partition coefficient (Wildman–Crippen LogP) is 5.38. The highest BCUT2D eigenvalue weighted by Crippen LogP contribution is 2.30. The van der Waals surface area contributed by atoms with E-state index in [0.717, 1.165) is 59.0 Å². The van der Waals surface area contributed by atoms with Crippen LogP contribution in [0.2, 0.25) is 5.02 Å². The van der Waals surface area contributed by atoms with Gasteiger partial charge in [0.25, 0.3) is 0 Å². The van der Waals surface area contributed by atoms with Gasteiger partial charge in [-0.15, -0.1) is 10.2 Å². The van der Waals surface area contributed by atoms with E-state index >= 15 is 0 Å². The highest BCUT2D eigenvalue weighted by Gasteiger charge is 2.26. The SMILES string of the molecule is Cc1cccc(-c2nnc3c4ccc(Cl)cc4nc(N4CCCN(C(=O)CC(C)(C)C)CC4)n23)c1. The van der Waals surface area contributed by atoms with Crippen molar-refractivity contribution in [1.82, 2.24) is 24.5 Å². The van der Waals surface area contributed by atoms with E-state index in [1.54, 1.807) is 0 Å². The number of aryl methyl sites for hydroxylation is 1. The maximum atomic E-state index is 12.9. The molecular weight excluding hydrogens is 460 g/mol. The molecule has 8 heteroatoms. The van der Waals surface area contributed by atoms with Crippen molar-refractivity contribution in [2.45, 2.75) is 40.5 Å². The lowest BCUT2D eigenvalue weighted by Gasteiger charge is -2.26. The van der Waals surface area contributed by atoms with E-state index in [2.05, 4.69) is 65.4 Å². The van der Waals surface area contributed by atoms with E-state index < -0.39 is 0 Å². The van der Waals surface area contributed by atoms with Crippen LogP contribution in [-0.4, -0.2) is 56.6 Å². The Morgan fingerprint density at radius 3 is 2.63 bits per heavy atom. The lowest BCUT2D eigenvalue weighted by Crippen LogP contribution is -2.37. The maximum Gasteiger partial charge on any atom is 0.223 e. The Bertz CT molecular complexity index is 1410. The number of fused-ring (bicyclic) bond motifs is 3. The minimum Gasteiger partial charge on any atom is -0.341 e. The van der Waals surface area contributed by atoms with Crippen molar-refractivity contribution in [2.24, 2.45) is 5.41 Å². The molecule has 3 heterocycles. The molecule has 182 valence electrons. The fourth-order valence-corrected chi connectivity index (χ4v) is 4.87. The molecular formula is C27H31ClN6O. The molecule has 0 atom stereocenters. The second kappa shape index (κ2) is 9.11. The van der Waals surface area contributed by atoms with Gasteiger partial charge in [-0.25, -0.2) is 9.38 Å². The molecule has 2 aromatic carbocycles. The van der Waals surface area contributed by atoms with Crippen molar-refractivity contribution in [3.63, 3.8) is 0 Å². The van der Waals surface area contributed by atoms with Crippen LogP contribution in [0.15, 0.2) is 42.5 Å². The summed E-state index contributed by atoms with van der Waals surface area (Å²) in [7, 11) is 0. The van der Waals surface area contributed by atoms with Gasteiger partial charge in [0, 0.05) is 48.6 Å². The standard InChI is InChI=1S/C27H31ClN6O/c1-18-7-5-8-19(15-18)24-30-31-25-21-10-9-20(28)16-22(21)29-26(34(24)25)33-12-6-11-32(13-14-33)23(35)17-27(2,3)4/h5,7-10,15-16H,6,11-14,17H2,1-4H3. The van der Waals surface area contributed by atoms with Gasteiger partial charge in [-0.2, -0.15) is 0 Å². The molecule has 0 radical (unpaired) electrons. The lowest BCUT2D eigenvalue weighted by molar-refractivity contribution is -0.132. The first kappa shape index (κ1) is 23.5. The Hall–Kier alpha value is -3.19. The highest BCUT2D eigenvalue weighted by molar-refractivity contribution is 6.31. The fraction of sp³-hybridized carbons (Fsp3) is 0.407. The van der Waals surface area contributed by atoms with E-state index in [4.69, 9.17) is 16.6 Å². The Labute approximate surface area is 210 Å². The molecule has 4 aromatic rings. The van der Waals surface area contributed by atoms with E-state index in [9.17, 15) is 4.79 Å². The van der Waals surface area contributed by atoms with Crippen LogP contribution >= 0.6 is 11.6 Å². The molecule has 5 rings (SSSR count). The molecule has 0 spiro atoms. The summed E-state index contributed by atoms with van der Waals surface area (Å²) in [4.78, 5) is 22.2. The molecule has 0 unspecified atom stereocenters. The van der Waals surface area contributed by atoms with Gasteiger partial charge < -0.3 is 9.80 Å². The molecule has 0 N–H and O–H groups in total. The summed E-state index contributed by atoms with van der Waals surface area (Å²) in [6.45, 7) is 11.3. The zero-order chi connectivity index (χ0) is 24.7. The maximum absolute atomic E-state index is 12.9. The minimum absolute atomic E-state index is 0.0282. The Morgan fingerprint density at radius 1 is 1.03 bits per heavy atom. The van der Waals surface area contributed by atoms with Crippen molar-refractivity contribution in [1.29, 1.82) is 0 Å². The number of amides is 1. The van der Waals surface area contributed by atoms with Crippen LogP contribution in [0.5, 0.6) is 0 Å². The van der Waals surface area contributed by atoms with E-state index in [1.807, 2.05) is 29.2 Å². The Balaban J connectivity index is 1.59. The zero-order valence-electron chi connectivity index (χ0n) is 20.8. The van der Waals surface area contributed by atoms with Gasteiger partial charge in [0.1, 0.15) is 0 Å². The first-order chi connectivity index (χ1) is 16.7. The lowest BCUT2D eigenvalue weighted by atomic mass is 9.91. The van der Waals surface area contributed by atoms with Crippen LogP contribution in [0.4, 0.5) is 5.95 Å². The van der Waals surface area contributed by atoms with Crippen molar-refractivity contribution < 1.29 is 4.79 Å². The molecule has 7 nitrogen and oxygen atoms in total. The highest BCUT2D eigenvalue weighted by atomic mass is 35.5. The molecule has 0 saturated carbocycles. The van der Waals surface area contributed by atoms with Crippen molar-refractivity contribution in [3.8, 4) is 11.4 Å². The number of halogens is 1. The zero-order valence-corrected chi connectivity index (χ0v) is 21.5. The second-order valence-electron chi connectivity index (χ2n) is 10.6. The van der Waals surface area contributed by atoms with E-state index in [1.165, 1.54) is 0 Å². The number of hydrogen-bond donors (Lipinski definition) is 0. The van der Waals surface area contributed by atoms with Gasteiger partial charge >= 0.3 is 0 Å². The molecule has 1 fully saturated rings. The average Bonchev–Trinajstić information content (AvgIpc) is 3.08. The summed E-state index contributed by atoms with van der Waals surface area (Å²) in [5, 5.41) is 10.7. The number of benzene rings is 2. The third-order valence-electron chi connectivity index (χ3n) is 6.37. The van der Waals surface area contributed by atoms with Crippen LogP contribution in [0, 0.1) is 12.3 Å². The van der Waals surface area contributed by atoms with Crippen LogP contribution in [0.1, 0.15) is 39.2 Å². The van der Waals surface area contributed by atoms with E-state index in [-0.39, 0.29) is 11.3 Å². The number of nitrogens with zero attached hydrogens (tertiary/aromatic N) is 6. The monoisotopic (exact) mass is 490 g/mol. The molecule has 1 amide bonds. The van der Waals surface area contributed by atoms with Gasteiger partial charge in [-0.05, 0) is 43.0 Å². The number of hydrogen-bond acceptors (Lipinski definition) is 5. The summed E-state index contributed by atoms with van der Waals surface area (Å²) in [6.07, 6.45) is 1.42. The van der Waals surface area contributed by atoms with Crippen LogP contribution < -0.4 is 4.90 Å². The van der Waals surface area contributed by atoms with Crippen molar-refractivity contribution >= 4 is 40.0 Å². The summed E-state index contributed by atoms with van der Waals surface area (Å²) in [5.41, 5.74) is 3.66. The van der Waals surface area contributed by atoms with Crippen LogP contribution in [0.25, 0.3) is 27.9 Å². The number of carbonyl (C=O) groups excluding carboxylic acids is 1. The van der Waals surface area contributed by atoms with Gasteiger partial charge in [0.15, 0.2) is 11.5 Å². The minimum atomic E-state index is -0.0282. The first-order valence-corrected chi connectivity index (χ1v) is 12.5. The molecule has 1 saturated heterocycles. The van der Waals surface area contributed by atoms with Gasteiger partial charge in [-0.3, -0.25) is 4.79 Å². The van der Waals surface area contributed by atoms with Gasteiger partial charge in [-0.1, -0.05) is 56.1 Å². The summed E-state index contributed by atoms with van der Waals surface area (Å²) in [6, 6.07) is 13.9. The first-order valence-electron chi connectivity index (χ1n) is 12.1. The van der Waals surface area contributed by atoms with Crippen LogP contribution in [-0.2, 0) is 4.79 Å².